The monoisotopic (exact) mass is 376 g/mol. The molecule has 2 N–H and O–H groups in total. The van der Waals surface area contributed by atoms with Crippen LogP contribution in [0.3, 0.4) is 0 Å². The molecule has 26 heavy (non-hydrogen) atoms. The van der Waals surface area contributed by atoms with Crippen LogP contribution in [0, 0.1) is 0 Å². The lowest BCUT2D eigenvalue weighted by Gasteiger charge is -2.25. The van der Waals surface area contributed by atoms with Crippen LogP contribution in [0.25, 0.3) is 10.6 Å². The number of ether oxygens (including phenoxy) is 1. The maximum atomic E-state index is 12.2. The van der Waals surface area contributed by atoms with E-state index >= 15 is 0 Å². The molecule has 0 saturated heterocycles. The summed E-state index contributed by atoms with van der Waals surface area (Å²) in [5.74, 6) is -0.566. The summed E-state index contributed by atoms with van der Waals surface area (Å²) in [6.07, 6.45) is 1.10. The van der Waals surface area contributed by atoms with Crippen molar-refractivity contribution in [3.05, 3.63) is 35.3 Å². The molecule has 6 nitrogen and oxygen atoms in total. The van der Waals surface area contributed by atoms with Crippen molar-refractivity contribution >= 4 is 23.2 Å². The third kappa shape index (κ3) is 5.05. The summed E-state index contributed by atoms with van der Waals surface area (Å²) >= 11 is 1.45. The molecule has 2 rings (SSSR count). The smallest absolute Gasteiger partial charge is 0.329 e. The average Bonchev–Trinajstić information content (AvgIpc) is 3.04. The summed E-state index contributed by atoms with van der Waals surface area (Å²) in [5, 5.41) is 14.6. The number of nitrogens with zero attached hydrogens (tertiary/aromatic N) is 1. The minimum absolute atomic E-state index is 0.0557. The van der Waals surface area contributed by atoms with Crippen molar-refractivity contribution < 1.29 is 19.4 Å². The largest absolute Gasteiger partial charge is 0.494 e. The molecule has 1 amide bonds. The third-order valence-electron chi connectivity index (χ3n) is 3.94. The standard InChI is InChI=1S/C19H24N2O4S/c1-4-10-19(3,18(23)24)21-16(22)11-14-12-26-17(20-14)13-6-8-15(9-7-13)25-5-2/h6-9,12H,4-5,10-11H2,1-3H3,(H,21,22)(H,23,24)/t19-/m1/s1. The lowest BCUT2D eigenvalue weighted by molar-refractivity contribution is -0.147. The van der Waals surface area contributed by atoms with E-state index in [0.29, 0.717) is 25.1 Å². The minimum atomic E-state index is -1.25. The molecule has 140 valence electrons. The number of carbonyl (C=O) groups is 2. The summed E-state index contributed by atoms with van der Waals surface area (Å²) < 4.78 is 5.42. The summed E-state index contributed by atoms with van der Waals surface area (Å²) in [7, 11) is 0. The van der Waals surface area contributed by atoms with Crippen molar-refractivity contribution in [1.82, 2.24) is 10.3 Å². The van der Waals surface area contributed by atoms with E-state index in [1.54, 1.807) is 0 Å². The van der Waals surface area contributed by atoms with Crippen molar-refractivity contribution in [1.29, 1.82) is 0 Å². The van der Waals surface area contributed by atoms with Gasteiger partial charge in [0.25, 0.3) is 0 Å². The number of carboxylic acids is 1. The first-order chi connectivity index (χ1) is 12.4. The number of carbonyl (C=O) groups excluding carboxylic acids is 1. The Bertz CT molecular complexity index is 757. The van der Waals surface area contributed by atoms with Gasteiger partial charge >= 0.3 is 5.97 Å². The van der Waals surface area contributed by atoms with E-state index in [1.807, 2.05) is 43.5 Å². The van der Waals surface area contributed by atoms with Gasteiger partial charge in [0, 0.05) is 10.9 Å². The first-order valence-corrected chi connectivity index (χ1v) is 9.48. The van der Waals surface area contributed by atoms with Crippen LogP contribution in [-0.2, 0) is 16.0 Å². The van der Waals surface area contributed by atoms with Crippen molar-refractivity contribution in [3.63, 3.8) is 0 Å². The number of rotatable bonds is 9. The number of hydrogen-bond acceptors (Lipinski definition) is 5. The van der Waals surface area contributed by atoms with Crippen LogP contribution in [0.4, 0.5) is 0 Å². The highest BCUT2D eigenvalue weighted by Crippen LogP contribution is 2.26. The number of amides is 1. The molecule has 0 bridgehead atoms. The van der Waals surface area contributed by atoms with E-state index in [1.165, 1.54) is 18.3 Å². The van der Waals surface area contributed by atoms with Crippen LogP contribution in [0.2, 0.25) is 0 Å². The molecule has 0 unspecified atom stereocenters. The highest BCUT2D eigenvalue weighted by Gasteiger charge is 2.33. The fourth-order valence-corrected chi connectivity index (χ4v) is 3.45. The fourth-order valence-electron chi connectivity index (χ4n) is 2.62. The van der Waals surface area contributed by atoms with Gasteiger partial charge in [-0.05, 0) is 44.5 Å². The Hall–Kier alpha value is -2.41. The molecule has 1 heterocycles. The zero-order valence-corrected chi connectivity index (χ0v) is 16.1. The number of thiazole rings is 1. The Morgan fingerprint density at radius 2 is 1.96 bits per heavy atom. The molecule has 1 aromatic heterocycles. The molecule has 2 aromatic rings. The van der Waals surface area contributed by atoms with Gasteiger partial charge in [-0.2, -0.15) is 0 Å². The Morgan fingerprint density at radius 1 is 1.27 bits per heavy atom. The maximum Gasteiger partial charge on any atom is 0.329 e. The lowest BCUT2D eigenvalue weighted by atomic mass is 9.96. The Kier molecular flexibility index (Phi) is 6.74. The van der Waals surface area contributed by atoms with Gasteiger partial charge in [-0.15, -0.1) is 11.3 Å². The SMILES string of the molecule is CCC[C@@](C)(NC(=O)Cc1csc(-c2ccc(OCC)cc2)n1)C(=O)O. The zero-order chi connectivity index (χ0) is 19.2. The minimum Gasteiger partial charge on any atom is -0.494 e. The Labute approximate surface area is 157 Å². The van der Waals surface area contributed by atoms with E-state index in [9.17, 15) is 14.7 Å². The Morgan fingerprint density at radius 3 is 2.54 bits per heavy atom. The molecule has 0 aliphatic heterocycles. The number of carboxylic acid groups (broad SMARTS) is 1. The number of hydrogen-bond donors (Lipinski definition) is 2. The number of aliphatic carboxylic acids is 1. The van der Waals surface area contributed by atoms with Gasteiger partial charge in [-0.3, -0.25) is 4.79 Å². The summed E-state index contributed by atoms with van der Waals surface area (Å²) in [5.41, 5.74) is 0.326. The summed E-state index contributed by atoms with van der Waals surface area (Å²) in [4.78, 5) is 28.2. The third-order valence-corrected chi connectivity index (χ3v) is 4.88. The van der Waals surface area contributed by atoms with E-state index < -0.39 is 11.5 Å². The second kappa shape index (κ2) is 8.80. The quantitative estimate of drug-likeness (QED) is 0.699. The van der Waals surface area contributed by atoms with Crippen LogP contribution in [0.5, 0.6) is 5.75 Å². The predicted molar refractivity (Wildman–Crippen MR) is 102 cm³/mol. The van der Waals surface area contributed by atoms with E-state index in [-0.39, 0.29) is 12.3 Å². The molecule has 0 radical (unpaired) electrons. The van der Waals surface area contributed by atoms with Crippen LogP contribution in [0.15, 0.2) is 29.6 Å². The van der Waals surface area contributed by atoms with Crippen molar-refractivity contribution in [2.75, 3.05) is 6.61 Å². The molecule has 0 aliphatic rings. The number of aromatic nitrogens is 1. The second-order valence-electron chi connectivity index (χ2n) is 6.21. The van der Waals surface area contributed by atoms with Crippen molar-refractivity contribution in [2.45, 2.75) is 45.6 Å². The molecule has 0 fully saturated rings. The zero-order valence-electron chi connectivity index (χ0n) is 15.2. The van der Waals surface area contributed by atoms with Crippen molar-refractivity contribution in [3.8, 4) is 16.3 Å². The van der Waals surface area contributed by atoms with Crippen LogP contribution in [-0.4, -0.2) is 34.1 Å². The first-order valence-electron chi connectivity index (χ1n) is 8.60. The van der Waals surface area contributed by atoms with E-state index in [0.717, 1.165) is 16.3 Å². The normalized spacial score (nSPS) is 13.0. The number of benzene rings is 1. The molecule has 0 aliphatic carbocycles. The predicted octanol–water partition coefficient (Wildman–Crippen LogP) is 3.51. The van der Waals surface area contributed by atoms with Gasteiger partial charge in [-0.1, -0.05) is 13.3 Å². The van der Waals surface area contributed by atoms with Crippen LogP contribution < -0.4 is 10.1 Å². The van der Waals surface area contributed by atoms with Gasteiger partial charge in [0.05, 0.1) is 18.7 Å². The van der Waals surface area contributed by atoms with Crippen LogP contribution >= 0.6 is 11.3 Å². The lowest BCUT2D eigenvalue weighted by Crippen LogP contribution is -2.52. The molecular weight excluding hydrogens is 352 g/mol. The summed E-state index contributed by atoms with van der Waals surface area (Å²) in [6.45, 7) is 5.96. The van der Waals surface area contributed by atoms with Gasteiger partial charge in [0.1, 0.15) is 16.3 Å². The second-order valence-corrected chi connectivity index (χ2v) is 7.07. The van der Waals surface area contributed by atoms with Crippen molar-refractivity contribution in [2.24, 2.45) is 0 Å². The fraction of sp³-hybridized carbons (Fsp3) is 0.421. The van der Waals surface area contributed by atoms with Gasteiger partial charge < -0.3 is 15.2 Å². The topological polar surface area (TPSA) is 88.5 Å². The molecule has 0 spiro atoms. The van der Waals surface area contributed by atoms with Crippen LogP contribution in [0.1, 0.15) is 39.3 Å². The molecule has 7 heteroatoms. The summed E-state index contributed by atoms with van der Waals surface area (Å²) in [6, 6.07) is 7.62. The number of nitrogens with one attached hydrogen (secondary N) is 1. The highest BCUT2D eigenvalue weighted by molar-refractivity contribution is 7.13. The van der Waals surface area contributed by atoms with Gasteiger partial charge in [-0.25, -0.2) is 9.78 Å². The highest BCUT2D eigenvalue weighted by atomic mass is 32.1. The van der Waals surface area contributed by atoms with E-state index in [2.05, 4.69) is 10.3 Å². The van der Waals surface area contributed by atoms with Gasteiger partial charge in [0.15, 0.2) is 0 Å². The molecule has 1 atom stereocenters. The molecule has 0 saturated carbocycles. The Balaban J connectivity index is 2.03. The van der Waals surface area contributed by atoms with E-state index in [4.69, 9.17) is 4.74 Å². The molecular formula is C19H24N2O4S. The van der Waals surface area contributed by atoms with Gasteiger partial charge in [0.2, 0.25) is 5.91 Å². The maximum absolute atomic E-state index is 12.2. The first kappa shape index (κ1) is 19.9. The average molecular weight is 376 g/mol. The molecule has 1 aromatic carbocycles.